The van der Waals surface area contributed by atoms with Gasteiger partial charge in [0.1, 0.15) is 11.6 Å². The lowest BCUT2D eigenvalue weighted by Gasteiger charge is -2.21. The third kappa shape index (κ3) is 9.26. The van der Waals surface area contributed by atoms with Crippen molar-refractivity contribution in [2.75, 3.05) is 7.05 Å². The molecule has 0 aliphatic carbocycles. The molecule has 0 aromatic heterocycles. The third-order valence-corrected chi connectivity index (χ3v) is 1.40. The topological polar surface area (TPSA) is 102 Å². The van der Waals surface area contributed by atoms with Gasteiger partial charge in [-0.25, -0.2) is 9.59 Å². The van der Waals surface area contributed by atoms with Crippen molar-refractivity contribution >= 4 is 12.1 Å². The molecule has 0 saturated carbocycles. The van der Waals surface area contributed by atoms with Crippen molar-refractivity contribution in [1.82, 2.24) is 5.32 Å². The molecule has 1 atom stereocenters. The largest absolute Gasteiger partial charge is 0.480 e. The molecule has 0 aliphatic rings. The molecule has 0 bridgehead atoms. The molecule has 6 nitrogen and oxygen atoms in total. The number of ether oxygens (including phenoxy) is 1. The van der Waals surface area contributed by atoms with Crippen LogP contribution in [0.15, 0.2) is 0 Å². The normalized spacial score (nSPS) is 11.9. The van der Waals surface area contributed by atoms with Gasteiger partial charge in [0.05, 0.1) is 0 Å². The Morgan fingerprint density at radius 2 is 1.81 bits per heavy atom. The van der Waals surface area contributed by atoms with Crippen molar-refractivity contribution in [2.24, 2.45) is 5.73 Å². The van der Waals surface area contributed by atoms with Crippen LogP contribution in [-0.4, -0.2) is 35.9 Å². The van der Waals surface area contributed by atoms with Gasteiger partial charge in [0.2, 0.25) is 0 Å². The Morgan fingerprint density at radius 1 is 1.38 bits per heavy atom. The van der Waals surface area contributed by atoms with E-state index in [1.54, 1.807) is 27.7 Å². The van der Waals surface area contributed by atoms with Crippen molar-refractivity contribution in [3.8, 4) is 0 Å². The van der Waals surface area contributed by atoms with Crippen LogP contribution in [0.4, 0.5) is 4.79 Å². The summed E-state index contributed by atoms with van der Waals surface area (Å²) in [7, 11) is 1.50. The number of carbonyl (C=O) groups is 2. The molecule has 16 heavy (non-hydrogen) atoms. The zero-order chi connectivity index (χ0) is 13.4. The Morgan fingerprint density at radius 3 is 2.06 bits per heavy atom. The first-order valence-electron chi connectivity index (χ1n) is 5.06. The number of carbonyl (C=O) groups excluding carboxylic acids is 1. The molecule has 1 amide bonds. The van der Waals surface area contributed by atoms with Crippen LogP contribution in [-0.2, 0) is 9.53 Å². The molecule has 4 N–H and O–H groups in total. The molecule has 0 aromatic carbocycles. The van der Waals surface area contributed by atoms with Crippen LogP contribution in [0.1, 0.15) is 34.1 Å². The monoisotopic (exact) mass is 234 g/mol. The molecule has 0 aromatic rings. The van der Waals surface area contributed by atoms with Gasteiger partial charge in [-0.1, -0.05) is 6.92 Å². The maximum absolute atomic E-state index is 11.1. The quantitative estimate of drug-likeness (QED) is 0.674. The lowest BCUT2D eigenvalue weighted by atomic mass is 10.2. The maximum atomic E-state index is 11.1. The van der Waals surface area contributed by atoms with Crippen molar-refractivity contribution in [1.29, 1.82) is 0 Å². The molecule has 0 aliphatic heterocycles. The summed E-state index contributed by atoms with van der Waals surface area (Å²) in [6.07, 6.45) is -0.374. The molecule has 6 heteroatoms. The van der Waals surface area contributed by atoms with Gasteiger partial charge in [-0.05, 0) is 34.2 Å². The number of nitrogens with one attached hydrogen (secondary N) is 1. The van der Waals surface area contributed by atoms with Gasteiger partial charge in [-0.3, -0.25) is 0 Å². The van der Waals surface area contributed by atoms with Gasteiger partial charge in [0.15, 0.2) is 0 Å². The zero-order valence-electron chi connectivity index (χ0n) is 10.5. The molecule has 0 rings (SSSR count). The first-order valence-corrected chi connectivity index (χ1v) is 5.06. The summed E-state index contributed by atoms with van der Waals surface area (Å²) in [6.45, 7) is 6.83. The number of nitrogens with two attached hydrogens (primary N) is 1. The number of alkyl carbamates (subject to hydrolysis) is 1. The second kappa shape index (κ2) is 7.92. The molecule has 96 valence electrons. The van der Waals surface area contributed by atoms with Gasteiger partial charge in [-0.2, -0.15) is 0 Å². The Kier molecular flexibility index (Phi) is 8.47. The summed E-state index contributed by atoms with van der Waals surface area (Å²) in [4.78, 5) is 21.7. The van der Waals surface area contributed by atoms with Gasteiger partial charge in [0, 0.05) is 0 Å². The first kappa shape index (κ1) is 17.1. The summed E-state index contributed by atoms with van der Waals surface area (Å²) in [6, 6.07) is -0.884. The fourth-order valence-electron chi connectivity index (χ4n) is 0.788. The fourth-order valence-corrected chi connectivity index (χ4v) is 0.788. The predicted molar refractivity (Wildman–Crippen MR) is 61.2 cm³/mol. The molecular formula is C10H22N2O4. The number of aliphatic carboxylic acids is 1. The van der Waals surface area contributed by atoms with Gasteiger partial charge < -0.3 is 20.9 Å². The Bertz CT molecular complexity index is 223. The van der Waals surface area contributed by atoms with Crippen molar-refractivity contribution in [2.45, 2.75) is 45.8 Å². The summed E-state index contributed by atoms with van der Waals surface area (Å²) in [5.74, 6) is -1.06. The minimum absolute atomic E-state index is 0.328. The fraction of sp³-hybridized carbons (Fsp3) is 0.800. The number of amides is 1. The average Bonchev–Trinajstić information content (AvgIpc) is 2.14. The summed E-state index contributed by atoms with van der Waals surface area (Å²) in [5, 5.41) is 10.9. The minimum atomic E-state index is -1.06. The van der Waals surface area contributed by atoms with E-state index in [-0.39, 0.29) is 0 Å². The van der Waals surface area contributed by atoms with E-state index in [1.807, 2.05) is 0 Å². The average molecular weight is 234 g/mol. The molecule has 0 radical (unpaired) electrons. The highest BCUT2D eigenvalue weighted by atomic mass is 16.6. The molecule has 0 spiro atoms. The van der Waals surface area contributed by atoms with E-state index in [0.29, 0.717) is 6.42 Å². The van der Waals surface area contributed by atoms with Crippen LogP contribution in [0.25, 0.3) is 0 Å². The van der Waals surface area contributed by atoms with E-state index in [4.69, 9.17) is 9.84 Å². The summed E-state index contributed by atoms with van der Waals surface area (Å²) < 4.78 is 4.91. The van der Waals surface area contributed by atoms with E-state index in [2.05, 4.69) is 11.1 Å². The van der Waals surface area contributed by atoms with E-state index >= 15 is 0 Å². The number of carboxylic acids is 1. The van der Waals surface area contributed by atoms with Crippen LogP contribution >= 0.6 is 0 Å². The van der Waals surface area contributed by atoms with Crippen LogP contribution in [0, 0.1) is 0 Å². The van der Waals surface area contributed by atoms with Gasteiger partial charge in [-0.15, -0.1) is 0 Å². The molecular weight excluding hydrogens is 212 g/mol. The Labute approximate surface area is 96.2 Å². The minimum Gasteiger partial charge on any atom is -0.480 e. The molecule has 0 unspecified atom stereocenters. The number of carboxylic acid groups (broad SMARTS) is 1. The van der Waals surface area contributed by atoms with Gasteiger partial charge >= 0.3 is 12.1 Å². The van der Waals surface area contributed by atoms with Crippen LogP contribution < -0.4 is 11.1 Å². The molecule has 0 saturated heterocycles. The van der Waals surface area contributed by atoms with Crippen LogP contribution in [0.5, 0.6) is 0 Å². The Hall–Kier alpha value is -1.30. The zero-order valence-corrected chi connectivity index (χ0v) is 10.5. The number of rotatable bonds is 3. The molecule has 0 fully saturated rings. The predicted octanol–water partition coefficient (Wildman–Crippen LogP) is 0.949. The van der Waals surface area contributed by atoms with Crippen LogP contribution in [0.3, 0.4) is 0 Å². The van der Waals surface area contributed by atoms with E-state index in [1.165, 1.54) is 7.05 Å². The second-order valence-electron chi connectivity index (χ2n) is 3.95. The molecule has 0 heterocycles. The highest BCUT2D eigenvalue weighted by Gasteiger charge is 2.22. The summed E-state index contributed by atoms with van der Waals surface area (Å²) >= 11 is 0. The summed E-state index contributed by atoms with van der Waals surface area (Å²) in [5.41, 5.74) is 3.89. The number of hydrogen-bond donors (Lipinski definition) is 3. The SMILES string of the molecule is CC[C@@H](NC(=O)OC(C)(C)C)C(=O)O.CN. The highest BCUT2D eigenvalue weighted by Crippen LogP contribution is 2.07. The van der Waals surface area contributed by atoms with Crippen LogP contribution in [0.2, 0.25) is 0 Å². The Balaban J connectivity index is 0. The highest BCUT2D eigenvalue weighted by molar-refractivity contribution is 5.79. The smallest absolute Gasteiger partial charge is 0.408 e. The first-order chi connectivity index (χ1) is 7.26. The van der Waals surface area contributed by atoms with Gasteiger partial charge in [0.25, 0.3) is 0 Å². The van der Waals surface area contributed by atoms with Crippen molar-refractivity contribution in [3.63, 3.8) is 0 Å². The standard InChI is InChI=1S/C9H17NO4.CH5N/c1-5-6(7(11)12)10-8(13)14-9(2,3)4;1-2/h6H,5H2,1-4H3,(H,10,13)(H,11,12);2H2,1H3/t6-;/m1./s1. The van der Waals surface area contributed by atoms with E-state index in [0.717, 1.165) is 0 Å². The lowest BCUT2D eigenvalue weighted by Crippen LogP contribution is -2.43. The number of hydrogen-bond acceptors (Lipinski definition) is 4. The van der Waals surface area contributed by atoms with Crippen molar-refractivity contribution in [3.05, 3.63) is 0 Å². The lowest BCUT2D eigenvalue weighted by molar-refractivity contribution is -0.139. The van der Waals surface area contributed by atoms with E-state index in [9.17, 15) is 9.59 Å². The van der Waals surface area contributed by atoms with E-state index < -0.39 is 23.7 Å². The maximum Gasteiger partial charge on any atom is 0.408 e. The van der Waals surface area contributed by atoms with Crippen molar-refractivity contribution < 1.29 is 19.4 Å². The second-order valence-corrected chi connectivity index (χ2v) is 3.95. The third-order valence-electron chi connectivity index (χ3n) is 1.40.